The van der Waals surface area contributed by atoms with E-state index in [1.807, 2.05) is 6.92 Å². The number of alkyl halides is 3. The smallest absolute Gasteiger partial charge is 0.428 e. The van der Waals surface area contributed by atoms with Crippen molar-refractivity contribution in [2.45, 2.75) is 13.1 Å². The van der Waals surface area contributed by atoms with Crippen molar-refractivity contribution < 1.29 is 22.7 Å². The van der Waals surface area contributed by atoms with Crippen molar-refractivity contribution >= 4 is 33.4 Å². The molecule has 0 spiro atoms. The van der Waals surface area contributed by atoms with Crippen LogP contribution in [0.5, 0.6) is 0 Å². The molecule has 27 heavy (non-hydrogen) atoms. The fourth-order valence-corrected chi connectivity index (χ4v) is 3.69. The third kappa shape index (κ3) is 3.37. The second kappa shape index (κ2) is 6.34. The molecule has 2 aromatic carbocycles. The largest absolute Gasteiger partial charge is 0.442 e. The first-order valence-corrected chi connectivity index (χ1v) is 8.71. The fourth-order valence-electron chi connectivity index (χ4n) is 2.88. The molecular formula is C18H12F3N3O2S. The molecule has 0 fully saturated rings. The van der Waals surface area contributed by atoms with E-state index in [-0.39, 0.29) is 23.4 Å². The second-order valence-corrected chi connectivity index (χ2v) is 7.15. The summed E-state index contributed by atoms with van der Waals surface area (Å²) in [6.45, 7) is 1.67. The number of benzene rings is 2. The lowest BCUT2D eigenvalue weighted by molar-refractivity contribution is -0.137. The fraction of sp³-hybridized carbons (Fsp3) is 0.167. The summed E-state index contributed by atoms with van der Waals surface area (Å²) >= 11 is 1.49. The number of hydrazone groups is 1. The number of halogens is 3. The average Bonchev–Trinajstić information content (AvgIpc) is 3.00. The number of amides is 1. The molecule has 138 valence electrons. The van der Waals surface area contributed by atoms with Gasteiger partial charge in [-0.1, -0.05) is 18.2 Å². The number of hydrogen-bond donors (Lipinski definition) is 1. The van der Waals surface area contributed by atoms with Crippen LogP contribution in [0.2, 0.25) is 0 Å². The molecule has 2 heterocycles. The monoisotopic (exact) mass is 391 g/mol. The Morgan fingerprint density at radius 1 is 1.15 bits per heavy atom. The molecule has 4 rings (SSSR count). The van der Waals surface area contributed by atoms with E-state index in [2.05, 4.69) is 15.5 Å². The first kappa shape index (κ1) is 17.5. The molecular weight excluding hydrogens is 379 g/mol. The predicted molar refractivity (Wildman–Crippen MR) is 95.8 cm³/mol. The van der Waals surface area contributed by atoms with E-state index in [1.54, 1.807) is 18.2 Å². The Kier molecular flexibility index (Phi) is 4.11. The number of fused-ring (bicyclic) bond motifs is 1. The van der Waals surface area contributed by atoms with Crippen molar-refractivity contribution in [3.63, 3.8) is 0 Å². The van der Waals surface area contributed by atoms with Gasteiger partial charge >= 0.3 is 12.3 Å². The predicted octanol–water partition coefficient (Wildman–Crippen LogP) is 4.73. The first-order chi connectivity index (χ1) is 12.8. The number of rotatable bonds is 2. The molecule has 0 bridgehead atoms. The molecule has 0 atom stereocenters. The van der Waals surface area contributed by atoms with Crippen LogP contribution in [0.1, 0.15) is 16.1 Å². The van der Waals surface area contributed by atoms with E-state index in [0.717, 1.165) is 15.8 Å². The number of cyclic esters (lactones) is 1. The van der Waals surface area contributed by atoms with Crippen LogP contribution < -0.4 is 5.43 Å². The summed E-state index contributed by atoms with van der Waals surface area (Å²) in [5.41, 5.74) is 2.92. The molecule has 1 aliphatic heterocycles. The molecule has 0 radical (unpaired) electrons. The zero-order valence-corrected chi connectivity index (χ0v) is 14.7. The van der Waals surface area contributed by atoms with Crippen molar-refractivity contribution in [3.8, 4) is 11.1 Å². The highest BCUT2D eigenvalue weighted by Crippen LogP contribution is 2.39. The van der Waals surface area contributed by atoms with Crippen LogP contribution in [0.4, 0.5) is 18.0 Å². The molecule has 1 N–H and O–H groups in total. The minimum atomic E-state index is -4.56. The van der Waals surface area contributed by atoms with Crippen LogP contribution in [-0.4, -0.2) is 23.4 Å². The number of aryl methyl sites for hydroxylation is 1. The van der Waals surface area contributed by atoms with E-state index in [4.69, 9.17) is 4.74 Å². The Labute approximate surface area is 155 Å². The maximum absolute atomic E-state index is 13.7. The molecule has 3 aromatic rings. The normalized spacial score (nSPS) is 14.7. The number of thiazole rings is 1. The average molecular weight is 391 g/mol. The highest BCUT2D eigenvalue weighted by Gasteiger charge is 2.34. The van der Waals surface area contributed by atoms with Gasteiger partial charge in [-0.25, -0.2) is 15.2 Å². The van der Waals surface area contributed by atoms with E-state index in [9.17, 15) is 18.0 Å². The van der Waals surface area contributed by atoms with Gasteiger partial charge in [0.2, 0.25) is 0 Å². The minimum Gasteiger partial charge on any atom is -0.442 e. The topological polar surface area (TPSA) is 63.6 Å². The van der Waals surface area contributed by atoms with Crippen molar-refractivity contribution in [2.24, 2.45) is 5.10 Å². The van der Waals surface area contributed by atoms with Crippen molar-refractivity contribution in [2.75, 3.05) is 6.61 Å². The van der Waals surface area contributed by atoms with E-state index in [1.165, 1.54) is 23.5 Å². The highest BCUT2D eigenvalue weighted by molar-refractivity contribution is 7.18. The van der Waals surface area contributed by atoms with E-state index >= 15 is 0 Å². The van der Waals surface area contributed by atoms with Gasteiger partial charge in [0.25, 0.3) is 0 Å². The zero-order chi connectivity index (χ0) is 19.2. The second-order valence-electron chi connectivity index (χ2n) is 5.92. The van der Waals surface area contributed by atoms with Crippen LogP contribution in [0.3, 0.4) is 0 Å². The standard InChI is InChI=1S/C18H12F3N3O2S/c1-9-22-14-7-10(3-5-16(14)27-9)12-4-2-11(6-13(12)18(19,20)21)15-8-26-17(25)24-23-15/h2-7H,8H2,1H3,(H,24,25). The molecule has 0 saturated carbocycles. The number of nitrogens with zero attached hydrogens (tertiary/aromatic N) is 2. The van der Waals surface area contributed by atoms with Crippen LogP contribution in [-0.2, 0) is 10.9 Å². The quantitative estimate of drug-likeness (QED) is 0.687. The third-order valence-electron chi connectivity index (χ3n) is 4.09. The van der Waals surface area contributed by atoms with Gasteiger partial charge in [-0.15, -0.1) is 11.3 Å². The van der Waals surface area contributed by atoms with Crippen molar-refractivity contribution in [1.29, 1.82) is 0 Å². The Hall–Kier alpha value is -2.94. The number of nitrogens with one attached hydrogen (secondary N) is 1. The van der Waals surface area contributed by atoms with Gasteiger partial charge in [-0.2, -0.15) is 18.3 Å². The van der Waals surface area contributed by atoms with Crippen LogP contribution >= 0.6 is 11.3 Å². The molecule has 1 aliphatic rings. The van der Waals surface area contributed by atoms with Gasteiger partial charge in [-0.05, 0) is 36.2 Å². The van der Waals surface area contributed by atoms with E-state index < -0.39 is 17.8 Å². The van der Waals surface area contributed by atoms with Gasteiger partial charge in [0, 0.05) is 5.56 Å². The summed E-state index contributed by atoms with van der Waals surface area (Å²) in [6.07, 6.45) is -5.30. The van der Waals surface area contributed by atoms with Gasteiger partial charge in [0.05, 0.1) is 20.8 Å². The number of ether oxygens (including phenoxy) is 1. The molecule has 1 aromatic heterocycles. The first-order valence-electron chi connectivity index (χ1n) is 7.90. The zero-order valence-electron chi connectivity index (χ0n) is 13.9. The maximum atomic E-state index is 13.7. The molecule has 1 amide bonds. The summed E-state index contributed by atoms with van der Waals surface area (Å²) in [7, 11) is 0. The number of carbonyl (C=O) groups is 1. The summed E-state index contributed by atoms with van der Waals surface area (Å²) in [4.78, 5) is 15.3. The number of hydrogen-bond acceptors (Lipinski definition) is 5. The van der Waals surface area contributed by atoms with Crippen molar-refractivity contribution in [1.82, 2.24) is 10.4 Å². The Morgan fingerprint density at radius 3 is 2.63 bits per heavy atom. The number of carbonyl (C=O) groups excluding carboxylic acids is 1. The van der Waals surface area contributed by atoms with Crippen LogP contribution in [0.25, 0.3) is 21.3 Å². The van der Waals surface area contributed by atoms with Gasteiger partial charge in [-0.3, -0.25) is 0 Å². The van der Waals surface area contributed by atoms with Gasteiger partial charge < -0.3 is 4.74 Å². The summed E-state index contributed by atoms with van der Waals surface area (Å²) in [5, 5.41) is 4.62. The summed E-state index contributed by atoms with van der Waals surface area (Å²) in [5.74, 6) is 0. The van der Waals surface area contributed by atoms with Gasteiger partial charge in [0.15, 0.2) is 0 Å². The molecule has 9 heteroatoms. The highest BCUT2D eigenvalue weighted by atomic mass is 32.1. The molecule has 0 aliphatic carbocycles. The van der Waals surface area contributed by atoms with Crippen molar-refractivity contribution in [3.05, 3.63) is 52.5 Å². The third-order valence-corrected chi connectivity index (χ3v) is 5.04. The van der Waals surface area contributed by atoms with Crippen LogP contribution in [0.15, 0.2) is 41.5 Å². The lowest BCUT2D eigenvalue weighted by Crippen LogP contribution is -2.30. The Bertz CT molecular complexity index is 1090. The van der Waals surface area contributed by atoms with Gasteiger partial charge in [0.1, 0.15) is 12.3 Å². The molecule has 0 saturated heterocycles. The van der Waals surface area contributed by atoms with E-state index in [0.29, 0.717) is 11.1 Å². The van der Waals surface area contributed by atoms with Crippen LogP contribution in [0, 0.1) is 6.92 Å². The Morgan fingerprint density at radius 2 is 1.93 bits per heavy atom. The molecule has 0 unspecified atom stereocenters. The Balaban J connectivity index is 1.83. The maximum Gasteiger partial charge on any atom is 0.428 e. The minimum absolute atomic E-state index is 0.0557. The summed E-state index contributed by atoms with van der Waals surface area (Å²) < 4.78 is 46.8. The number of aromatic nitrogens is 1. The lowest BCUT2D eigenvalue weighted by atomic mass is 9.95. The SMILES string of the molecule is Cc1nc2cc(-c3ccc(C4=NNC(=O)OC4)cc3C(F)(F)F)ccc2s1. The molecule has 5 nitrogen and oxygen atoms in total. The lowest BCUT2D eigenvalue weighted by Gasteiger charge is -2.17. The summed E-state index contributed by atoms with van der Waals surface area (Å²) in [6, 6.07) is 9.04.